The molecule has 3 rings (SSSR count). The first-order valence-corrected chi connectivity index (χ1v) is 8.02. The van der Waals surface area contributed by atoms with Crippen LogP contribution in [0.3, 0.4) is 0 Å². The maximum absolute atomic E-state index is 14.5. The largest absolute Gasteiger partial charge is 0.495 e. The number of carbonyl (C=O) groups excluding carboxylic acids is 2. The van der Waals surface area contributed by atoms with E-state index in [0.29, 0.717) is 17.9 Å². The number of benzene rings is 1. The summed E-state index contributed by atoms with van der Waals surface area (Å²) in [4.78, 5) is 25.1. The van der Waals surface area contributed by atoms with Gasteiger partial charge in [0.25, 0.3) is 0 Å². The summed E-state index contributed by atoms with van der Waals surface area (Å²) in [6, 6.07) is 2.36. The number of nitrogens with zero attached hydrogens (tertiary/aromatic N) is 1. The van der Waals surface area contributed by atoms with Crippen LogP contribution in [0.15, 0.2) is 12.1 Å². The Bertz CT molecular complexity index is 646. The van der Waals surface area contributed by atoms with Crippen molar-refractivity contribution in [1.29, 1.82) is 0 Å². The molecule has 2 aliphatic heterocycles. The monoisotopic (exact) mass is 336 g/mol. The van der Waals surface area contributed by atoms with Gasteiger partial charge in [0.2, 0.25) is 11.8 Å². The minimum Gasteiger partial charge on any atom is -0.495 e. The van der Waals surface area contributed by atoms with Crippen LogP contribution in [0, 0.1) is 5.82 Å². The van der Waals surface area contributed by atoms with E-state index in [1.807, 2.05) is 0 Å². The quantitative estimate of drug-likeness (QED) is 0.693. The van der Waals surface area contributed by atoms with Crippen molar-refractivity contribution in [3.8, 4) is 5.75 Å². The van der Waals surface area contributed by atoms with Gasteiger partial charge in [0, 0.05) is 44.7 Å². The zero-order valence-electron chi connectivity index (χ0n) is 13.5. The van der Waals surface area contributed by atoms with E-state index in [2.05, 4.69) is 20.9 Å². The van der Waals surface area contributed by atoms with Crippen molar-refractivity contribution in [1.82, 2.24) is 10.6 Å². The van der Waals surface area contributed by atoms with Gasteiger partial charge in [-0.15, -0.1) is 0 Å². The zero-order valence-corrected chi connectivity index (χ0v) is 13.5. The molecule has 2 saturated heterocycles. The van der Waals surface area contributed by atoms with E-state index in [9.17, 15) is 14.0 Å². The second kappa shape index (κ2) is 7.04. The lowest BCUT2D eigenvalue weighted by Crippen LogP contribution is -2.47. The normalized spacial score (nSPS) is 21.4. The number of methoxy groups -OCH3 is 1. The van der Waals surface area contributed by atoms with E-state index in [-0.39, 0.29) is 18.0 Å². The predicted molar refractivity (Wildman–Crippen MR) is 87.8 cm³/mol. The number of rotatable bonds is 4. The minimum absolute atomic E-state index is 0.195. The molecular formula is C16H21FN4O3. The van der Waals surface area contributed by atoms with Crippen LogP contribution in [0.4, 0.5) is 15.8 Å². The summed E-state index contributed by atoms with van der Waals surface area (Å²) in [6.07, 6.45) is 0.576. The highest BCUT2D eigenvalue weighted by atomic mass is 19.1. The summed E-state index contributed by atoms with van der Waals surface area (Å²) in [5.74, 6) is -0.636. The summed E-state index contributed by atoms with van der Waals surface area (Å²) >= 11 is 0. The fourth-order valence-electron chi connectivity index (χ4n) is 2.99. The maximum atomic E-state index is 14.5. The number of anilines is 2. The zero-order chi connectivity index (χ0) is 17.1. The third-order valence-electron chi connectivity index (χ3n) is 4.30. The highest BCUT2D eigenvalue weighted by Crippen LogP contribution is 2.34. The van der Waals surface area contributed by atoms with Crippen LogP contribution in [0.25, 0.3) is 0 Å². The molecule has 3 N–H and O–H groups in total. The Morgan fingerprint density at radius 2 is 2.04 bits per heavy atom. The second-order valence-electron chi connectivity index (χ2n) is 5.89. The van der Waals surface area contributed by atoms with E-state index < -0.39 is 17.8 Å². The minimum atomic E-state index is -0.632. The average Bonchev–Trinajstić information content (AvgIpc) is 2.59. The molecule has 0 bridgehead atoms. The number of carbonyl (C=O) groups is 2. The molecule has 1 aromatic rings. The van der Waals surface area contributed by atoms with Crippen LogP contribution in [0.5, 0.6) is 5.75 Å². The number of imide groups is 1. The van der Waals surface area contributed by atoms with Crippen LogP contribution < -0.4 is 25.6 Å². The molecule has 0 spiro atoms. The van der Waals surface area contributed by atoms with Crippen LogP contribution in [-0.4, -0.2) is 51.1 Å². The maximum Gasteiger partial charge on any atom is 0.249 e. The lowest BCUT2D eigenvalue weighted by molar-refractivity contribution is -0.133. The van der Waals surface area contributed by atoms with Gasteiger partial charge in [0.1, 0.15) is 17.6 Å². The smallest absolute Gasteiger partial charge is 0.249 e. The van der Waals surface area contributed by atoms with E-state index in [1.54, 1.807) is 6.07 Å². The van der Waals surface area contributed by atoms with Crippen molar-refractivity contribution in [2.75, 3.05) is 43.5 Å². The molecule has 130 valence electrons. The summed E-state index contributed by atoms with van der Waals surface area (Å²) in [5.41, 5.74) is 0.894. The summed E-state index contributed by atoms with van der Waals surface area (Å²) < 4.78 is 19.9. The number of ether oxygens (including phenoxy) is 1. The number of halogens is 1. The number of amides is 2. The molecule has 2 aliphatic rings. The van der Waals surface area contributed by atoms with Crippen molar-refractivity contribution in [3.05, 3.63) is 17.9 Å². The lowest BCUT2D eigenvalue weighted by atomic mass is 10.1. The average molecular weight is 336 g/mol. The molecule has 1 aromatic carbocycles. The number of hydrogen-bond donors (Lipinski definition) is 3. The van der Waals surface area contributed by atoms with Gasteiger partial charge in [0.15, 0.2) is 0 Å². The Morgan fingerprint density at radius 3 is 2.71 bits per heavy atom. The number of piperidine rings is 1. The molecule has 0 aromatic heterocycles. The molecule has 24 heavy (non-hydrogen) atoms. The standard InChI is InChI=1S/C16H21FN4O3/c1-24-14-9-12(19-11-2-3-15(22)20-16(11)23)10(17)8-13(14)21-6-4-18-5-7-21/h8-9,11,18-19H,2-7H2,1H3,(H,20,22,23). The van der Waals surface area contributed by atoms with Crippen LogP contribution in [-0.2, 0) is 9.59 Å². The van der Waals surface area contributed by atoms with Crippen molar-refractivity contribution < 1.29 is 18.7 Å². The van der Waals surface area contributed by atoms with Crippen molar-refractivity contribution in [3.63, 3.8) is 0 Å². The van der Waals surface area contributed by atoms with Crippen molar-refractivity contribution in [2.24, 2.45) is 0 Å². The van der Waals surface area contributed by atoms with Gasteiger partial charge in [0.05, 0.1) is 18.5 Å². The van der Waals surface area contributed by atoms with Gasteiger partial charge in [-0.25, -0.2) is 4.39 Å². The van der Waals surface area contributed by atoms with Gasteiger partial charge in [-0.05, 0) is 6.42 Å². The molecule has 1 unspecified atom stereocenters. The third-order valence-corrected chi connectivity index (χ3v) is 4.30. The molecule has 0 aliphatic carbocycles. The molecular weight excluding hydrogens is 315 g/mol. The first-order valence-electron chi connectivity index (χ1n) is 8.02. The Kier molecular flexibility index (Phi) is 4.84. The van der Waals surface area contributed by atoms with Crippen LogP contribution in [0.1, 0.15) is 12.8 Å². The molecule has 2 fully saturated rings. The number of nitrogens with one attached hydrogen (secondary N) is 3. The first-order chi connectivity index (χ1) is 11.6. The van der Waals surface area contributed by atoms with E-state index in [4.69, 9.17) is 4.74 Å². The fourth-order valence-corrected chi connectivity index (χ4v) is 2.99. The van der Waals surface area contributed by atoms with Gasteiger partial charge < -0.3 is 20.3 Å². The number of piperazine rings is 1. The molecule has 7 nitrogen and oxygen atoms in total. The van der Waals surface area contributed by atoms with E-state index in [0.717, 1.165) is 26.2 Å². The van der Waals surface area contributed by atoms with E-state index >= 15 is 0 Å². The predicted octanol–water partition coefficient (Wildman–Crippen LogP) is 0.461. The van der Waals surface area contributed by atoms with E-state index in [1.165, 1.54) is 13.2 Å². The molecule has 1 atom stereocenters. The fraction of sp³-hybridized carbons (Fsp3) is 0.500. The SMILES string of the molecule is COc1cc(NC2CCC(=O)NC2=O)c(F)cc1N1CCNCC1. The van der Waals surface area contributed by atoms with Crippen LogP contribution >= 0.6 is 0 Å². The van der Waals surface area contributed by atoms with Gasteiger partial charge in [-0.1, -0.05) is 0 Å². The Morgan fingerprint density at radius 1 is 1.29 bits per heavy atom. The Hall–Kier alpha value is -2.35. The summed E-state index contributed by atoms with van der Waals surface area (Å²) in [6.45, 7) is 3.22. The molecule has 0 radical (unpaired) electrons. The summed E-state index contributed by atoms with van der Waals surface area (Å²) in [5, 5.41) is 8.38. The van der Waals surface area contributed by atoms with Crippen molar-refractivity contribution >= 4 is 23.2 Å². The molecule has 2 amide bonds. The van der Waals surface area contributed by atoms with Gasteiger partial charge in [-0.3, -0.25) is 14.9 Å². The Labute approximate surface area is 139 Å². The highest BCUT2D eigenvalue weighted by molar-refractivity contribution is 6.01. The van der Waals surface area contributed by atoms with Gasteiger partial charge >= 0.3 is 0 Å². The molecule has 8 heteroatoms. The third kappa shape index (κ3) is 3.43. The van der Waals surface area contributed by atoms with Crippen molar-refractivity contribution in [2.45, 2.75) is 18.9 Å². The summed E-state index contributed by atoms with van der Waals surface area (Å²) in [7, 11) is 1.54. The van der Waals surface area contributed by atoms with Gasteiger partial charge in [-0.2, -0.15) is 0 Å². The number of hydrogen-bond acceptors (Lipinski definition) is 6. The highest BCUT2D eigenvalue weighted by Gasteiger charge is 2.28. The lowest BCUT2D eigenvalue weighted by Gasteiger charge is -2.31. The molecule has 2 heterocycles. The topological polar surface area (TPSA) is 82.7 Å². The Balaban J connectivity index is 1.81. The second-order valence-corrected chi connectivity index (χ2v) is 5.89. The molecule has 0 saturated carbocycles. The van der Waals surface area contributed by atoms with Crippen LogP contribution in [0.2, 0.25) is 0 Å². The first kappa shape index (κ1) is 16.5.